The highest BCUT2D eigenvalue weighted by Gasteiger charge is 2.20. The maximum atomic E-state index is 8.54. The second-order valence-corrected chi connectivity index (χ2v) is 3.54. The van der Waals surface area contributed by atoms with Crippen LogP contribution in [0.4, 0.5) is 0 Å². The average molecular weight is 137 g/mol. The number of aliphatic hydroxyl groups is 1. The molecule has 0 aromatic heterocycles. The van der Waals surface area contributed by atoms with E-state index in [1.165, 1.54) is 0 Å². The van der Waals surface area contributed by atoms with Gasteiger partial charge in [0.2, 0.25) is 0 Å². The summed E-state index contributed by atoms with van der Waals surface area (Å²) in [5, 5.41) is 8.42. The highest BCUT2D eigenvalue weighted by Crippen LogP contribution is 2.23. The number of aliphatic hydroxyl groups excluding tert-OH is 1. The Morgan fingerprint density at radius 3 is 1.88 bits per heavy atom. The Morgan fingerprint density at radius 1 is 1.50 bits per heavy atom. The molecule has 2 heteroatoms. The molecule has 50 valence electrons. The zero-order chi connectivity index (χ0) is 6.78. The minimum Gasteiger partial charge on any atom is -0.395 e. The summed E-state index contributed by atoms with van der Waals surface area (Å²) in [6, 6.07) is 0. The summed E-state index contributed by atoms with van der Waals surface area (Å²) in [7, 11) is 0. The van der Waals surface area contributed by atoms with Crippen LogP contribution in [-0.2, 0) is 0 Å². The average Bonchev–Trinajstić information content (AvgIpc) is 1.62. The number of halogens is 1. The summed E-state index contributed by atoms with van der Waals surface area (Å²) in [6.45, 7) is 6.06. The SMILES string of the molecule is CC(C)(C)[C@@H](Cl)CO. The Morgan fingerprint density at radius 2 is 1.88 bits per heavy atom. The Kier molecular flexibility index (Phi) is 2.78. The van der Waals surface area contributed by atoms with Crippen molar-refractivity contribution in [2.75, 3.05) is 6.61 Å². The predicted octanol–water partition coefficient (Wildman–Crippen LogP) is 1.63. The fourth-order valence-corrected chi connectivity index (χ4v) is 0.274. The van der Waals surface area contributed by atoms with E-state index >= 15 is 0 Å². The third kappa shape index (κ3) is 2.53. The predicted molar refractivity (Wildman–Crippen MR) is 36.2 cm³/mol. The summed E-state index contributed by atoms with van der Waals surface area (Å²) < 4.78 is 0. The van der Waals surface area contributed by atoms with Gasteiger partial charge in [0.25, 0.3) is 0 Å². The molecular formula is C6H13ClO. The van der Waals surface area contributed by atoms with E-state index in [9.17, 15) is 0 Å². The van der Waals surface area contributed by atoms with E-state index < -0.39 is 0 Å². The van der Waals surface area contributed by atoms with Crippen LogP contribution in [0.2, 0.25) is 0 Å². The lowest BCUT2D eigenvalue weighted by molar-refractivity contribution is 0.231. The van der Waals surface area contributed by atoms with Crippen LogP contribution in [0.1, 0.15) is 20.8 Å². The second kappa shape index (κ2) is 2.70. The quantitative estimate of drug-likeness (QED) is 0.544. The number of rotatable bonds is 1. The Labute approximate surface area is 55.7 Å². The number of alkyl halides is 1. The van der Waals surface area contributed by atoms with Crippen LogP contribution in [-0.4, -0.2) is 17.1 Å². The zero-order valence-electron chi connectivity index (χ0n) is 5.61. The minimum atomic E-state index is -0.123. The molecule has 1 atom stereocenters. The van der Waals surface area contributed by atoms with E-state index in [2.05, 4.69) is 0 Å². The van der Waals surface area contributed by atoms with Crippen molar-refractivity contribution >= 4 is 11.6 Å². The van der Waals surface area contributed by atoms with Gasteiger partial charge in [-0.25, -0.2) is 0 Å². The summed E-state index contributed by atoms with van der Waals surface area (Å²) in [6.07, 6.45) is 0. The van der Waals surface area contributed by atoms with Gasteiger partial charge in [-0.05, 0) is 5.41 Å². The van der Waals surface area contributed by atoms with Crippen LogP contribution in [0, 0.1) is 5.41 Å². The highest BCUT2D eigenvalue weighted by atomic mass is 35.5. The normalized spacial score (nSPS) is 16.1. The fourth-order valence-electron chi connectivity index (χ4n) is 0.274. The van der Waals surface area contributed by atoms with Crippen molar-refractivity contribution in [2.45, 2.75) is 26.1 Å². The number of hydrogen-bond donors (Lipinski definition) is 1. The van der Waals surface area contributed by atoms with Gasteiger partial charge in [0.1, 0.15) is 0 Å². The third-order valence-electron chi connectivity index (χ3n) is 1.10. The smallest absolute Gasteiger partial charge is 0.0615 e. The van der Waals surface area contributed by atoms with Crippen LogP contribution < -0.4 is 0 Å². The molecule has 0 saturated heterocycles. The lowest BCUT2D eigenvalue weighted by Crippen LogP contribution is -2.23. The van der Waals surface area contributed by atoms with Gasteiger partial charge < -0.3 is 5.11 Å². The van der Waals surface area contributed by atoms with E-state index in [1.807, 2.05) is 20.8 Å². The maximum absolute atomic E-state index is 8.54. The van der Waals surface area contributed by atoms with Crippen LogP contribution >= 0.6 is 11.6 Å². The molecule has 0 spiro atoms. The van der Waals surface area contributed by atoms with Gasteiger partial charge in [0.15, 0.2) is 0 Å². The molecule has 0 saturated carbocycles. The van der Waals surface area contributed by atoms with Gasteiger partial charge in [0.05, 0.1) is 12.0 Å². The summed E-state index contributed by atoms with van der Waals surface area (Å²) >= 11 is 5.69. The van der Waals surface area contributed by atoms with Crippen LogP contribution in [0.5, 0.6) is 0 Å². The standard InChI is InChI=1S/C6H13ClO/c1-6(2,3)5(7)4-8/h5,8H,4H2,1-3H3/t5-/m0/s1. The van der Waals surface area contributed by atoms with E-state index in [0.29, 0.717) is 0 Å². The molecule has 8 heavy (non-hydrogen) atoms. The third-order valence-corrected chi connectivity index (χ3v) is 1.89. The molecule has 0 aromatic carbocycles. The summed E-state index contributed by atoms with van der Waals surface area (Å²) in [5.74, 6) is 0. The molecule has 0 aromatic rings. The van der Waals surface area contributed by atoms with Gasteiger partial charge in [-0.3, -0.25) is 0 Å². The van der Waals surface area contributed by atoms with Gasteiger partial charge in [-0.2, -0.15) is 0 Å². The first-order valence-corrected chi connectivity index (χ1v) is 3.17. The first-order chi connectivity index (χ1) is 3.48. The second-order valence-electron chi connectivity index (χ2n) is 3.02. The van der Waals surface area contributed by atoms with Gasteiger partial charge in [-0.1, -0.05) is 20.8 Å². The minimum absolute atomic E-state index is 0.0241. The molecule has 1 N–H and O–H groups in total. The van der Waals surface area contributed by atoms with E-state index in [1.54, 1.807) is 0 Å². The van der Waals surface area contributed by atoms with Crippen molar-refractivity contribution in [3.8, 4) is 0 Å². The molecule has 0 aliphatic heterocycles. The van der Waals surface area contributed by atoms with E-state index in [4.69, 9.17) is 16.7 Å². The van der Waals surface area contributed by atoms with Crippen molar-refractivity contribution in [3.05, 3.63) is 0 Å². The van der Waals surface area contributed by atoms with Crippen LogP contribution in [0.15, 0.2) is 0 Å². The largest absolute Gasteiger partial charge is 0.395 e. The Balaban J connectivity index is 3.62. The summed E-state index contributed by atoms with van der Waals surface area (Å²) in [5.41, 5.74) is 0.0241. The van der Waals surface area contributed by atoms with Crippen LogP contribution in [0.25, 0.3) is 0 Å². The summed E-state index contributed by atoms with van der Waals surface area (Å²) in [4.78, 5) is 0. The van der Waals surface area contributed by atoms with Crippen molar-refractivity contribution in [2.24, 2.45) is 5.41 Å². The van der Waals surface area contributed by atoms with E-state index in [-0.39, 0.29) is 17.4 Å². The Hall–Kier alpha value is 0.250. The van der Waals surface area contributed by atoms with Gasteiger partial charge >= 0.3 is 0 Å². The van der Waals surface area contributed by atoms with E-state index in [0.717, 1.165) is 0 Å². The lowest BCUT2D eigenvalue weighted by Gasteiger charge is -2.22. The molecule has 0 rings (SSSR count). The Bertz CT molecular complexity index is 65.4. The zero-order valence-corrected chi connectivity index (χ0v) is 6.37. The molecule has 0 aliphatic carbocycles. The van der Waals surface area contributed by atoms with Crippen molar-refractivity contribution in [1.82, 2.24) is 0 Å². The molecule has 0 amide bonds. The highest BCUT2D eigenvalue weighted by molar-refractivity contribution is 6.21. The van der Waals surface area contributed by atoms with Crippen molar-refractivity contribution in [1.29, 1.82) is 0 Å². The topological polar surface area (TPSA) is 20.2 Å². The molecule has 0 fully saturated rings. The van der Waals surface area contributed by atoms with Crippen LogP contribution in [0.3, 0.4) is 0 Å². The maximum Gasteiger partial charge on any atom is 0.0615 e. The van der Waals surface area contributed by atoms with Gasteiger partial charge in [-0.15, -0.1) is 11.6 Å². The monoisotopic (exact) mass is 136 g/mol. The first kappa shape index (κ1) is 8.25. The van der Waals surface area contributed by atoms with Gasteiger partial charge in [0, 0.05) is 0 Å². The fraction of sp³-hybridized carbons (Fsp3) is 1.00. The molecule has 0 aliphatic rings. The number of hydrogen-bond acceptors (Lipinski definition) is 1. The molecule has 0 heterocycles. The molecule has 0 unspecified atom stereocenters. The first-order valence-electron chi connectivity index (χ1n) is 2.73. The van der Waals surface area contributed by atoms with Crippen molar-refractivity contribution < 1.29 is 5.11 Å². The molecule has 0 bridgehead atoms. The molecule has 0 radical (unpaired) electrons. The van der Waals surface area contributed by atoms with Crippen molar-refractivity contribution in [3.63, 3.8) is 0 Å². The lowest BCUT2D eigenvalue weighted by atomic mass is 9.92. The molecule has 1 nitrogen and oxygen atoms in total. The molecular weight excluding hydrogens is 124 g/mol.